The second-order valence-corrected chi connectivity index (χ2v) is 9.07. The molecular weight excluding hydrogens is 483 g/mol. The van der Waals surface area contributed by atoms with Crippen molar-refractivity contribution in [2.24, 2.45) is 10.8 Å². The van der Waals surface area contributed by atoms with Crippen LogP contribution in [-0.2, 0) is 11.3 Å². The van der Waals surface area contributed by atoms with Crippen LogP contribution in [-0.4, -0.2) is 45.3 Å². The Morgan fingerprint density at radius 1 is 1.22 bits per heavy atom. The molecule has 3 aromatic rings. The summed E-state index contributed by atoms with van der Waals surface area (Å²) in [6.07, 6.45) is 3.46. The van der Waals surface area contributed by atoms with Crippen molar-refractivity contribution in [2.45, 2.75) is 25.9 Å². The first-order valence-electron chi connectivity index (χ1n) is 11.3. The van der Waals surface area contributed by atoms with Crippen LogP contribution in [0.5, 0.6) is 5.88 Å². The predicted molar refractivity (Wildman–Crippen MR) is 134 cm³/mol. The Morgan fingerprint density at radius 3 is 2.83 bits per heavy atom. The molecule has 1 saturated heterocycles. The first kappa shape index (κ1) is 23.9. The number of likely N-dealkylation sites (tertiary alicyclic amines) is 1. The van der Waals surface area contributed by atoms with Gasteiger partial charge in [-0.1, -0.05) is 29.8 Å². The number of carbonyl (C=O) groups is 1. The lowest BCUT2D eigenvalue weighted by Crippen LogP contribution is -2.47. The van der Waals surface area contributed by atoms with Gasteiger partial charge in [-0.15, -0.1) is 0 Å². The number of benzene rings is 2. The summed E-state index contributed by atoms with van der Waals surface area (Å²) in [7, 11) is 1.49. The number of aromatic nitrogens is 2. The molecule has 1 fully saturated rings. The number of rotatable bonds is 5. The molecule has 2 aliphatic heterocycles. The molecular formula is C26H24ClFN6O2. The van der Waals surface area contributed by atoms with Crippen LogP contribution in [0.3, 0.4) is 0 Å². The Hall–Kier alpha value is -3.82. The largest absolute Gasteiger partial charge is 0.480 e. The number of amides is 1. The number of allylic oxidation sites excluding steroid dienone is 1. The number of hydrogen-bond acceptors (Lipinski definition) is 7. The second kappa shape index (κ2) is 9.67. The number of methoxy groups -OCH3 is 1. The number of fused-ring (bicyclic) bond motifs is 1. The summed E-state index contributed by atoms with van der Waals surface area (Å²) in [5, 5.41) is 2.04. The Morgan fingerprint density at radius 2 is 2.06 bits per heavy atom. The van der Waals surface area contributed by atoms with Gasteiger partial charge in [0, 0.05) is 29.2 Å². The highest BCUT2D eigenvalue weighted by molar-refractivity contribution is 6.30. The number of hydrazine groups is 1. The van der Waals surface area contributed by atoms with E-state index in [1.165, 1.54) is 30.4 Å². The highest BCUT2D eigenvalue weighted by Gasteiger charge is 2.40. The minimum atomic E-state index is -0.445. The monoisotopic (exact) mass is 506 g/mol. The SMILES string of the molecule is COc1cncc(-c2cc(F)ccc2[C@H]2CC3=NCN(N)C(C)=C3C(=O)N2Cc2cccc(Cl)c2)n1. The van der Waals surface area contributed by atoms with Gasteiger partial charge in [0.15, 0.2) is 0 Å². The highest BCUT2D eigenvalue weighted by atomic mass is 35.5. The van der Waals surface area contributed by atoms with E-state index in [0.29, 0.717) is 52.1 Å². The molecule has 1 atom stereocenters. The molecule has 0 aliphatic carbocycles. The lowest BCUT2D eigenvalue weighted by molar-refractivity contribution is -0.130. The van der Waals surface area contributed by atoms with Gasteiger partial charge >= 0.3 is 0 Å². The maximum atomic E-state index is 14.5. The van der Waals surface area contributed by atoms with Crippen LogP contribution >= 0.6 is 11.6 Å². The Bertz CT molecular complexity index is 1410. The van der Waals surface area contributed by atoms with Gasteiger partial charge < -0.3 is 9.64 Å². The van der Waals surface area contributed by atoms with Gasteiger partial charge in [0.25, 0.3) is 5.91 Å². The maximum Gasteiger partial charge on any atom is 0.258 e. The van der Waals surface area contributed by atoms with E-state index in [0.717, 1.165) is 11.1 Å². The molecule has 0 unspecified atom stereocenters. The van der Waals surface area contributed by atoms with Crippen LogP contribution in [0.15, 0.2) is 71.1 Å². The van der Waals surface area contributed by atoms with Crippen LogP contribution in [0.25, 0.3) is 11.3 Å². The van der Waals surface area contributed by atoms with Gasteiger partial charge in [-0.25, -0.2) is 15.2 Å². The van der Waals surface area contributed by atoms with Crippen LogP contribution in [0, 0.1) is 5.82 Å². The minimum Gasteiger partial charge on any atom is -0.480 e. The molecule has 2 N–H and O–H groups in total. The molecule has 1 aromatic heterocycles. The summed E-state index contributed by atoms with van der Waals surface area (Å²) in [6, 6.07) is 11.4. The summed E-state index contributed by atoms with van der Waals surface area (Å²) in [5.74, 6) is 5.74. The quantitative estimate of drug-likeness (QED) is 0.519. The third-order valence-electron chi connectivity index (χ3n) is 6.45. The molecule has 0 saturated carbocycles. The van der Waals surface area contributed by atoms with Crippen LogP contribution in [0.4, 0.5) is 4.39 Å². The summed E-state index contributed by atoms with van der Waals surface area (Å²) >= 11 is 6.23. The van der Waals surface area contributed by atoms with Crippen molar-refractivity contribution in [1.82, 2.24) is 19.9 Å². The molecule has 0 radical (unpaired) electrons. The number of nitrogens with zero attached hydrogens (tertiary/aromatic N) is 5. The van der Waals surface area contributed by atoms with E-state index in [1.54, 1.807) is 23.2 Å². The molecule has 0 bridgehead atoms. The number of carbonyl (C=O) groups excluding carboxylic acids is 1. The van der Waals surface area contributed by atoms with Gasteiger partial charge in [0.2, 0.25) is 5.88 Å². The number of piperidine rings is 1. The fourth-order valence-electron chi connectivity index (χ4n) is 4.63. The fourth-order valence-corrected chi connectivity index (χ4v) is 4.84. The highest BCUT2D eigenvalue weighted by Crippen LogP contribution is 2.40. The topological polar surface area (TPSA) is 96.9 Å². The number of hydrogen-bond donors (Lipinski definition) is 1. The van der Waals surface area contributed by atoms with Gasteiger partial charge in [-0.2, -0.15) is 0 Å². The van der Waals surface area contributed by atoms with Crippen molar-refractivity contribution in [3.63, 3.8) is 0 Å². The molecule has 1 amide bonds. The molecule has 2 aliphatic rings. The van der Waals surface area contributed by atoms with E-state index in [1.807, 2.05) is 25.1 Å². The third kappa shape index (κ3) is 4.43. The minimum absolute atomic E-state index is 0.204. The van der Waals surface area contributed by atoms with E-state index >= 15 is 0 Å². The van der Waals surface area contributed by atoms with Crippen LogP contribution in [0.2, 0.25) is 5.02 Å². The molecule has 10 heteroatoms. The third-order valence-corrected chi connectivity index (χ3v) is 6.68. The average Bonchev–Trinajstić information content (AvgIpc) is 2.88. The average molecular weight is 507 g/mol. The standard InChI is InChI=1S/C26H24ClFN6O2/c1-15-25-21(31-14-34(15)29)10-23(33(26(25)35)13-16-4-3-5-17(27)8-16)19-7-6-18(28)9-20(19)22-11-30-12-24(32-22)36-2/h3-9,11-12,23H,10,13-14,29H2,1-2H3/t23-/m1/s1. The lowest BCUT2D eigenvalue weighted by Gasteiger charge is -2.41. The van der Waals surface area contributed by atoms with Crippen molar-refractivity contribution in [1.29, 1.82) is 0 Å². The smallest absolute Gasteiger partial charge is 0.258 e. The van der Waals surface area contributed by atoms with E-state index < -0.39 is 11.9 Å². The van der Waals surface area contributed by atoms with Crippen molar-refractivity contribution >= 4 is 23.2 Å². The van der Waals surface area contributed by atoms with E-state index in [4.69, 9.17) is 22.2 Å². The number of halogens is 2. The molecule has 2 aromatic carbocycles. The maximum absolute atomic E-state index is 14.5. The van der Waals surface area contributed by atoms with Gasteiger partial charge in [-0.3, -0.25) is 19.8 Å². The Balaban J connectivity index is 1.65. The lowest BCUT2D eigenvalue weighted by atomic mass is 9.85. The zero-order valence-electron chi connectivity index (χ0n) is 19.8. The summed E-state index contributed by atoms with van der Waals surface area (Å²) in [4.78, 5) is 28.9. The second-order valence-electron chi connectivity index (χ2n) is 8.64. The number of ether oxygens (including phenoxy) is 1. The van der Waals surface area contributed by atoms with Crippen molar-refractivity contribution in [3.8, 4) is 17.1 Å². The van der Waals surface area contributed by atoms with Gasteiger partial charge in [-0.05, 0) is 42.3 Å². The first-order chi connectivity index (χ1) is 17.4. The summed E-state index contributed by atoms with van der Waals surface area (Å²) < 4.78 is 19.7. The van der Waals surface area contributed by atoms with E-state index in [-0.39, 0.29) is 12.6 Å². The van der Waals surface area contributed by atoms with E-state index in [9.17, 15) is 9.18 Å². The molecule has 0 spiro atoms. The number of nitrogens with two attached hydrogens (primary N) is 1. The Labute approximate surface area is 212 Å². The zero-order valence-corrected chi connectivity index (χ0v) is 20.5. The molecule has 5 rings (SSSR count). The van der Waals surface area contributed by atoms with Gasteiger partial charge in [0.05, 0.1) is 42.5 Å². The van der Waals surface area contributed by atoms with Gasteiger partial charge in [0.1, 0.15) is 12.5 Å². The molecule has 184 valence electrons. The molecule has 3 heterocycles. The summed E-state index contributed by atoms with van der Waals surface area (Å²) in [6.45, 7) is 2.37. The normalized spacial score (nSPS) is 17.8. The zero-order chi connectivity index (χ0) is 25.4. The Kier molecular flexibility index (Phi) is 6.42. The van der Waals surface area contributed by atoms with Crippen LogP contribution < -0.4 is 10.6 Å². The summed E-state index contributed by atoms with van der Waals surface area (Å²) in [5.41, 5.74) is 4.39. The van der Waals surface area contributed by atoms with Crippen molar-refractivity contribution < 1.29 is 13.9 Å². The van der Waals surface area contributed by atoms with E-state index in [2.05, 4.69) is 15.0 Å². The molecule has 8 nitrogen and oxygen atoms in total. The molecule has 36 heavy (non-hydrogen) atoms. The fraction of sp³-hybridized carbons (Fsp3) is 0.231. The van der Waals surface area contributed by atoms with Crippen LogP contribution in [0.1, 0.15) is 30.5 Å². The predicted octanol–water partition coefficient (Wildman–Crippen LogP) is 4.28. The van der Waals surface area contributed by atoms with Crippen molar-refractivity contribution in [3.05, 3.63) is 88.1 Å². The van der Waals surface area contributed by atoms with Crippen molar-refractivity contribution in [2.75, 3.05) is 13.8 Å². The number of aliphatic imine (C=N–C) groups is 1. The first-order valence-corrected chi connectivity index (χ1v) is 11.7.